The van der Waals surface area contributed by atoms with Crippen molar-refractivity contribution in [1.82, 2.24) is 9.80 Å². The van der Waals surface area contributed by atoms with Gasteiger partial charge < -0.3 is 9.32 Å². The third-order valence-electron chi connectivity index (χ3n) is 3.43. The van der Waals surface area contributed by atoms with Gasteiger partial charge in [-0.05, 0) is 44.6 Å². The Morgan fingerprint density at radius 2 is 1.94 bits per heavy atom. The first kappa shape index (κ1) is 12.5. The van der Waals surface area contributed by atoms with Crippen molar-refractivity contribution in [2.45, 2.75) is 25.9 Å². The number of piperazine rings is 1. The van der Waals surface area contributed by atoms with Gasteiger partial charge in [0.05, 0.1) is 0 Å². The molecule has 1 aliphatic heterocycles. The van der Waals surface area contributed by atoms with Crippen LogP contribution in [0, 0.1) is 0 Å². The summed E-state index contributed by atoms with van der Waals surface area (Å²) >= 11 is 5.68. The second-order valence-corrected chi connectivity index (χ2v) is 5.05. The van der Waals surface area contributed by atoms with E-state index in [0.29, 0.717) is 17.8 Å². The molecule has 0 saturated carbocycles. The third kappa shape index (κ3) is 2.48. The van der Waals surface area contributed by atoms with E-state index in [-0.39, 0.29) is 11.1 Å². The number of halogens is 1. The van der Waals surface area contributed by atoms with E-state index in [1.165, 1.54) is 0 Å². The average molecular weight is 257 g/mol. The van der Waals surface area contributed by atoms with Crippen LogP contribution in [0.3, 0.4) is 0 Å². The molecule has 1 aromatic rings. The van der Waals surface area contributed by atoms with Crippen LogP contribution in [0.25, 0.3) is 0 Å². The number of hydrogen-bond acceptors (Lipinski definition) is 3. The maximum Gasteiger partial charge on any atom is 0.289 e. The summed E-state index contributed by atoms with van der Waals surface area (Å²) in [7, 11) is 2.08. The Morgan fingerprint density at radius 3 is 2.41 bits per heavy atom. The van der Waals surface area contributed by atoms with Gasteiger partial charge >= 0.3 is 0 Å². The number of likely N-dealkylation sites (N-methyl/N-ethyl adjacent to an activating group) is 1. The number of amides is 1. The van der Waals surface area contributed by atoms with Crippen molar-refractivity contribution in [1.29, 1.82) is 0 Å². The Hall–Kier alpha value is -1.00. The highest BCUT2D eigenvalue weighted by atomic mass is 35.5. The molecule has 0 aliphatic carbocycles. The molecule has 17 heavy (non-hydrogen) atoms. The quantitative estimate of drug-likeness (QED) is 0.772. The van der Waals surface area contributed by atoms with Crippen molar-refractivity contribution >= 4 is 17.5 Å². The normalized spacial score (nSPS) is 26.2. The zero-order valence-corrected chi connectivity index (χ0v) is 11.1. The highest BCUT2D eigenvalue weighted by Gasteiger charge is 2.30. The molecule has 1 aromatic heterocycles. The first-order valence-electron chi connectivity index (χ1n) is 5.75. The van der Waals surface area contributed by atoms with Crippen molar-refractivity contribution < 1.29 is 9.21 Å². The number of rotatable bonds is 1. The second kappa shape index (κ2) is 4.70. The highest BCUT2D eigenvalue weighted by molar-refractivity contribution is 6.29. The summed E-state index contributed by atoms with van der Waals surface area (Å²) in [5.41, 5.74) is 0. The predicted octanol–water partition coefficient (Wildman–Crippen LogP) is 2.10. The standard InChI is InChI=1S/C12H17ClN2O2/c1-8-6-15(7-9(2)14(8)3)12(16)10-4-5-11(13)17-10/h4-5,8-9H,6-7H2,1-3H3. The summed E-state index contributed by atoms with van der Waals surface area (Å²) in [6.07, 6.45) is 0. The van der Waals surface area contributed by atoms with Crippen molar-refractivity contribution in [2.24, 2.45) is 0 Å². The predicted molar refractivity (Wildman–Crippen MR) is 66.3 cm³/mol. The largest absolute Gasteiger partial charge is 0.440 e. The summed E-state index contributed by atoms with van der Waals surface area (Å²) in [5.74, 6) is 0.239. The van der Waals surface area contributed by atoms with Gasteiger partial charge in [0.15, 0.2) is 11.0 Å². The maximum atomic E-state index is 12.2. The van der Waals surface area contributed by atoms with Gasteiger partial charge in [-0.25, -0.2) is 0 Å². The first-order valence-corrected chi connectivity index (χ1v) is 6.13. The summed E-state index contributed by atoms with van der Waals surface area (Å²) in [5, 5.41) is 0.253. The van der Waals surface area contributed by atoms with Gasteiger partial charge in [-0.15, -0.1) is 0 Å². The Labute approximate surface area is 106 Å². The lowest BCUT2D eigenvalue weighted by atomic mass is 10.1. The molecule has 0 bridgehead atoms. The minimum absolute atomic E-state index is 0.0799. The fraction of sp³-hybridized carbons (Fsp3) is 0.583. The van der Waals surface area contributed by atoms with Crippen molar-refractivity contribution in [3.63, 3.8) is 0 Å². The van der Waals surface area contributed by atoms with Crippen LogP contribution >= 0.6 is 11.6 Å². The van der Waals surface area contributed by atoms with E-state index in [4.69, 9.17) is 16.0 Å². The van der Waals surface area contributed by atoms with Gasteiger partial charge in [-0.2, -0.15) is 0 Å². The van der Waals surface area contributed by atoms with Crippen LogP contribution in [0.2, 0.25) is 5.22 Å². The van der Waals surface area contributed by atoms with Crippen LogP contribution in [0.4, 0.5) is 0 Å². The van der Waals surface area contributed by atoms with E-state index in [1.54, 1.807) is 12.1 Å². The topological polar surface area (TPSA) is 36.7 Å². The van der Waals surface area contributed by atoms with Crippen LogP contribution < -0.4 is 0 Å². The SMILES string of the molecule is CC1CN(C(=O)c2ccc(Cl)o2)CC(C)N1C. The minimum atomic E-state index is -0.0799. The van der Waals surface area contributed by atoms with Gasteiger partial charge in [-0.3, -0.25) is 9.69 Å². The van der Waals surface area contributed by atoms with Crippen LogP contribution in [0.1, 0.15) is 24.4 Å². The maximum absolute atomic E-state index is 12.2. The lowest BCUT2D eigenvalue weighted by Crippen LogP contribution is -2.56. The van der Waals surface area contributed by atoms with E-state index in [0.717, 1.165) is 13.1 Å². The molecule has 2 unspecified atom stereocenters. The third-order valence-corrected chi connectivity index (χ3v) is 3.63. The molecule has 1 aliphatic rings. The van der Waals surface area contributed by atoms with Crippen LogP contribution in [0.5, 0.6) is 0 Å². The molecule has 0 aromatic carbocycles. The number of hydrogen-bond donors (Lipinski definition) is 0. The molecule has 1 amide bonds. The number of carbonyl (C=O) groups is 1. The number of carbonyl (C=O) groups excluding carboxylic acids is 1. The minimum Gasteiger partial charge on any atom is -0.440 e. The Kier molecular flexibility index (Phi) is 3.45. The number of furan rings is 1. The highest BCUT2D eigenvalue weighted by Crippen LogP contribution is 2.19. The van der Waals surface area contributed by atoms with E-state index in [9.17, 15) is 4.79 Å². The lowest BCUT2D eigenvalue weighted by Gasteiger charge is -2.42. The molecular weight excluding hydrogens is 240 g/mol. The van der Waals surface area contributed by atoms with Crippen molar-refractivity contribution in [2.75, 3.05) is 20.1 Å². The molecule has 4 nitrogen and oxygen atoms in total. The Balaban J connectivity index is 2.11. The summed E-state index contributed by atoms with van der Waals surface area (Å²) in [6.45, 7) is 5.67. The van der Waals surface area contributed by atoms with Crippen LogP contribution in [-0.2, 0) is 0 Å². The molecule has 0 spiro atoms. The van der Waals surface area contributed by atoms with Crippen LogP contribution in [-0.4, -0.2) is 47.9 Å². The van der Waals surface area contributed by atoms with E-state index in [1.807, 2.05) is 4.90 Å². The molecule has 1 saturated heterocycles. The smallest absolute Gasteiger partial charge is 0.289 e. The van der Waals surface area contributed by atoms with Gasteiger partial charge in [0.2, 0.25) is 0 Å². The van der Waals surface area contributed by atoms with Crippen molar-refractivity contribution in [3.05, 3.63) is 23.1 Å². The molecule has 0 radical (unpaired) electrons. The van der Waals surface area contributed by atoms with Crippen molar-refractivity contribution in [3.8, 4) is 0 Å². The van der Waals surface area contributed by atoms with Crippen LogP contribution in [0.15, 0.2) is 16.5 Å². The van der Waals surface area contributed by atoms with E-state index in [2.05, 4.69) is 25.8 Å². The summed E-state index contributed by atoms with van der Waals surface area (Å²) in [6, 6.07) is 3.93. The zero-order valence-electron chi connectivity index (χ0n) is 10.3. The average Bonchev–Trinajstić information content (AvgIpc) is 2.71. The fourth-order valence-corrected chi connectivity index (χ4v) is 2.30. The molecule has 1 fully saturated rings. The lowest BCUT2D eigenvalue weighted by molar-refractivity contribution is 0.0389. The zero-order chi connectivity index (χ0) is 12.6. The first-order chi connectivity index (χ1) is 7.99. The summed E-state index contributed by atoms with van der Waals surface area (Å²) in [4.78, 5) is 16.3. The Bertz CT molecular complexity index is 406. The monoisotopic (exact) mass is 256 g/mol. The van der Waals surface area contributed by atoms with E-state index >= 15 is 0 Å². The molecule has 2 heterocycles. The molecule has 2 atom stereocenters. The number of nitrogens with zero attached hydrogens (tertiary/aromatic N) is 2. The molecule has 0 N–H and O–H groups in total. The molecule has 5 heteroatoms. The summed E-state index contributed by atoms with van der Waals surface area (Å²) < 4.78 is 5.16. The second-order valence-electron chi connectivity index (χ2n) is 4.68. The molecule has 2 rings (SSSR count). The van der Waals surface area contributed by atoms with Gasteiger partial charge in [0.1, 0.15) is 0 Å². The van der Waals surface area contributed by atoms with Gasteiger partial charge in [0.25, 0.3) is 5.91 Å². The van der Waals surface area contributed by atoms with Gasteiger partial charge in [0, 0.05) is 25.2 Å². The fourth-order valence-electron chi connectivity index (χ4n) is 2.16. The Morgan fingerprint density at radius 1 is 1.35 bits per heavy atom. The molecular formula is C12H17ClN2O2. The van der Waals surface area contributed by atoms with E-state index < -0.39 is 0 Å². The van der Waals surface area contributed by atoms with Gasteiger partial charge in [-0.1, -0.05) is 0 Å². The molecule has 94 valence electrons.